The molecule has 0 aliphatic heterocycles. The first-order chi connectivity index (χ1) is 7.34. The van der Waals surface area contributed by atoms with Crippen molar-refractivity contribution in [1.29, 1.82) is 0 Å². The second-order valence-corrected chi connectivity index (χ2v) is 4.01. The predicted octanol–water partition coefficient (Wildman–Crippen LogP) is 2.00. The van der Waals surface area contributed by atoms with Crippen LogP contribution < -0.4 is 5.73 Å². The Kier molecular flexibility index (Phi) is 1.78. The van der Waals surface area contributed by atoms with Crippen LogP contribution in [0.15, 0.2) is 36.7 Å². The lowest BCUT2D eigenvalue weighted by atomic mass is 10.1. The predicted molar refractivity (Wildman–Crippen MR) is 59.5 cm³/mol. The van der Waals surface area contributed by atoms with Crippen LogP contribution in [0.25, 0.3) is 0 Å². The van der Waals surface area contributed by atoms with E-state index in [0.717, 1.165) is 18.5 Å². The van der Waals surface area contributed by atoms with Crippen molar-refractivity contribution in [3.63, 3.8) is 0 Å². The summed E-state index contributed by atoms with van der Waals surface area (Å²) in [5, 5.41) is 4.29. The molecule has 1 unspecified atom stereocenters. The van der Waals surface area contributed by atoms with E-state index in [4.69, 9.17) is 5.73 Å². The number of nitrogen functional groups attached to an aromatic ring is 1. The van der Waals surface area contributed by atoms with Crippen LogP contribution in [0.2, 0.25) is 0 Å². The number of nitrogens with two attached hydrogens (primary N) is 1. The smallest absolute Gasteiger partial charge is 0.0775 e. The molecule has 2 N–H and O–H groups in total. The maximum atomic E-state index is 5.68. The van der Waals surface area contributed by atoms with Gasteiger partial charge in [0.05, 0.1) is 17.9 Å². The van der Waals surface area contributed by atoms with Crippen LogP contribution in [0.4, 0.5) is 5.69 Å². The van der Waals surface area contributed by atoms with E-state index in [1.165, 1.54) is 11.1 Å². The molecule has 3 nitrogen and oxygen atoms in total. The van der Waals surface area contributed by atoms with Crippen molar-refractivity contribution < 1.29 is 0 Å². The monoisotopic (exact) mass is 199 g/mol. The quantitative estimate of drug-likeness (QED) is 0.763. The van der Waals surface area contributed by atoms with E-state index in [1.54, 1.807) is 6.20 Å². The Morgan fingerprint density at radius 2 is 2.20 bits per heavy atom. The van der Waals surface area contributed by atoms with Gasteiger partial charge in [0.1, 0.15) is 0 Å². The Balaban J connectivity index is 2.04. The van der Waals surface area contributed by atoms with E-state index in [9.17, 15) is 0 Å². The zero-order chi connectivity index (χ0) is 10.3. The largest absolute Gasteiger partial charge is 0.396 e. The summed E-state index contributed by atoms with van der Waals surface area (Å²) in [5.74, 6) is 0. The van der Waals surface area contributed by atoms with Gasteiger partial charge in [-0.1, -0.05) is 24.3 Å². The molecule has 3 rings (SSSR count). The number of benzene rings is 1. The molecule has 0 saturated heterocycles. The number of aromatic nitrogens is 2. The molecule has 76 valence electrons. The lowest BCUT2D eigenvalue weighted by Crippen LogP contribution is -2.07. The molecule has 0 radical (unpaired) electrons. The zero-order valence-electron chi connectivity index (χ0n) is 8.43. The minimum Gasteiger partial charge on any atom is -0.396 e. The topological polar surface area (TPSA) is 43.8 Å². The average molecular weight is 199 g/mol. The lowest BCUT2D eigenvalue weighted by molar-refractivity contribution is 0.520. The van der Waals surface area contributed by atoms with Crippen molar-refractivity contribution >= 4 is 5.69 Å². The van der Waals surface area contributed by atoms with Crippen LogP contribution in [0, 0.1) is 0 Å². The summed E-state index contributed by atoms with van der Waals surface area (Å²) < 4.78 is 1.97. The molecule has 2 aromatic rings. The highest BCUT2D eigenvalue weighted by atomic mass is 15.3. The van der Waals surface area contributed by atoms with Gasteiger partial charge >= 0.3 is 0 Å². The van der Waals surface area contributed by atoms with E-state index in [2.05, 4.69) is 29.4 Å². The lowest BCUT2D eigenvalue weighted by Gasteiger charge is -2.11. The number of rotatable bonds is 1. The molecule has 1 heterocycles. The Bertz CT molecular complexity index is 487. The number of hydrogen-bond acceptors (Lipinski definition) is 2. The van der Waals surface area contributed by atoms with E-state index in [0.29, 0.717) is 6.04 Å². The Labute approximate surface area is 88.5 Å². The molecule has 3 heteroatoms. The van der Waals surface area contributed by atoms with Gasteiger partial charge < -0.3 is 5.73 Å². The van der Waals surface area contributed by atoms with Crippen molar-refractivity contribution in [3.05, 3.63) is 47.8 Å². The zero-order valence-corrected chi connectivity index (χ0v) is 8.43. The van der Waals surface area contributed by atoms with Gasteiger partial charge in [0.2, 0.25) is 0 Å². The third kappa shape index (κ3) is 1.31. The summed E-state index contributed by atoms with van der Waals surface area (Å²) in [7, 11) is 0. The summed E-state index contributed by atoms with van der Waals surface area (Å²) in [6.45, 7) is 0. The molecule has 1 aromatic heterocycles. The van der Waals surface area contributed by atoms with Crippen molar-refractivity contribution in [3.8, 4) is 0 Å². The first-order valence-corrected chi connectivity index (χ1v) is 5.22. The van der Waals surface area contributed by atoms with Gasteiger partial charge in [-0.2, -0.15) is 5.10 Å². The van der Waals surface area contributed by atoms with E-state index < -0.39 is 0 Å². The van der Waals surface area contributed by atoms with Crippen molar-refractivity contribution in [2.24, 2.45) is 0 Å². The molecule has 1 aliphatic carbocycles. The molecule has 1 aromatic carbocycles. The number of aryl methyl sites for hydroxylation is 1. The molecule has 0 saturated carbocycles. The molecular formula is C12H13N3. The van der Waals surface area contributed by atoms with Gasteiger partial charge in [-0.05, 0) is 24.0 Å². The van der Waals surface area contributed by atoms with E-state index >= 15 is 0 Å². The standard InChI is InChI=1S/C12H13N3/c13-10-7-14-15(8-10)12-6-5-9-3-1-2-4-11(9)12/h1-4,7-8,12H,5-6,13H2. The SMILES string of the molecule is Nc1cnn(C2CCc3ccccc32)c1. The van der Waals surface area contributed by atoms with Crippen LogP contribution in [0.1, 0.15) is 23.6 Å². The van der Waals surface area contributed by atoms with Crippen LogP contribution in [-0.2, 0) is 6.42 Å². The first-order valence-electron chi connectivity index (χ1n) is 5.22. The Morgan fingerprint density at radius 1 is 1.33 bits per heavy atom. The van der Waals surface area contributed by atoms with Crippen molar-refractivity contribution in [2.75, 3.05) is 5.73 Å². The summed E-state index contributed by atoms with van der Waals surface area (Å²) in [4.78, 5) is 0. The maximum Gasteiger partial charge on any atom is 0.0775 e. The molecule has 1 aliphatic rings. The van der Waals surface area contributed by atoms with Crippen molar-refractivity contribution in [2.45, 2.75) is 18.9 Å². The summed E-state index contributed by atoms with van der Waals surface area (Å²) in [6, 6.07) is 8.94. The van der Waals surface area contributed by atoms with Crippen molar-refractivity contribution in [1.82, 2.24) is 9.78 Å². The highest BCUT2D eigenvalue weighted by molar-refractivity contribution is 5.37. The van der Waals surface area contributed by atoms with Crippen LogP contribution in [0.3, 0.4) is 0 Å². The fourth-order valence-electron chi connectivity index (χ4n) is 2.33. The number of fused-ring (bicyclic) bond motifs is 1. The van der Waals surface area contributed by atoms with Gasteiger partial charge in [-0.15, -0.1) is 0 Å². The third-order valence-electron chi connectivity index (χ3n) is 3.04. The van der Waals surface area contributed by atoms with Gasteiger partial charge in [0, 0.05) is 6.20 Å². The van der Waals surface area contributed by atoms with Gasteiger partial charge in [0.15, 0.2) is 0 Å². The van der Waals surface area contributed by atoms with E-state index in [1.807, 2.05) is 10.9 Å². The first kappa shape index (κ1) is 8.53. The van der Waals surface area contributed by atoms with E-state index in [-0.39, 0.29) is 0 Å². The molecule has 0 amide bonds. The van der Waals surface area contributed by atoms with Gasteiger partial charge in [-0.25, -0.2) is 0 Å². The third-order valence-corrected chi connectivity index (χ3v) is 3.04. The van der Waals surface area contributed by atoms with Gasteiger partial charge in [0.25, 0.3) is 0 Å². The summed E-state index contributed by atoms with van der Waals surface area (Å²) >= 11 is 0. The minimum atomic E-state index is 0.374. The highest BCUT2D eigenvalue weighted by Gasteiger charge is 2.23. The fourth-order valence-corrected chi connectivity index (χ4v) is 2.33. The Morgan fingerprint density at radius 3 is 3.00 bits per heavy atom. The fraction of sp³-hybridized carbons (Fsp3) is 0.250. The van der Waals surface area contributed by atoms with Crippen LogP contribution in [-0.4, -0.2) is 9.78 Å². The number of anilines is 1. The van der Waals surface area contributed by atoms with Crippen LogP contribution in [0.5, 0.6) is 0 Å². The average Bonchev–Trinajstić information content (AvgIpc) is 2.83. The second-order valence-electron chi connectivity index (χ2n) is 4.01. The highest BCUT2D eigenvalue weighted by Crippen LogP contribution is 2.33. The van der Waals surface area contributed by atoms with Gasteiger partial charge in [-0.3, -0.25) is 4.68 Å². The molecule has 0 spiro atoms. The molecule has 0 bridgehead atoms. The molecule has 15 heavy (non-hydrogen) atoms. The summed E-state index contributed by atoms with van der Waals surface area (Å²) in [6.07, 6.45) is 5.88. The molecular weight excluding hydrogens is 186 g/mol. The summed E-state index contributed by atoms with van der Waals surface area (Å²) in [5.41, 5.74) is 9.25. The molecule has 1 atom stereocenters. The maximum absolute atomic E-state index is 5.68. The molecule has 0 fully saturated rings. The normalized spacial score (nSPS) is 19.1. The Hall–Kier alpha value is -1.77. The number of hydrogen-bond donors (Lipinski definition) is 1. The second kappa shape index (κ2) is 3.12. The minimum absolute atomic E-state index is 0.374. The number of nitrogens with zero attached hydrogens (tertiary/aromatic N) is 2. The van der Waals surface area contributed by atoms with Crippen LogP contribution >= 0.6 is 0 Å².